The van der Waals surface area contributed by atoms with Gasteiger partial charge >= 0.3 is 0 Å². The second-order valence-electron chi connectivity index (χ2n) is 9.01. The van der Waals surface area contributed by atoms with Crippen LogP contribution in [0, 0.1) is 11.8 Å². The highest BCUT2D eigenvalue weighted by molar-refractivity contribution is 5.80. The van der Waals surface area contributed by atoms with Crippen molar-refractivity contribution in [2.75, 3.05) is 19.6 Å². The van der Waals surface area contributed by atoms with Crippen LogP contribution >= 0.6 is 0 Å². The van der Waals surface area contributed by atoms with E-state index in [-0.39, 0.29) is 29.8 Å². The number of piperazine rings is 1. The van der Waals surface area contributed by atoms with Gasteiger partial charge in [-0.15, -0.1) is 0 Å². The molecule has 6 heteroatoms. The normalized spacial score (nSPS) is 28.3. The molecule has 0 bridgehead atoms. The Kier molecular flexibility index (Phi) is 6.80. The van der Waals surface area contributed by atoms with E-state index in [1.54, 1.807) is 6.20 Å². The van der Waals surface area contributed by atoms with Crippen LogP contribution in [0.3, 0.4) is 0 Å². The molecular formula is C23H34N4O2. The van der Waals surface area contributed by atoms with E-state index in [0.29, 0.717) is 12.3 Å². The molecule has 0 radical (unpaired) electrons. The van der Waals surface area contributed by atoms with Crippen molar-refractivity contribution < 1.29 is 9.59 Å². The minimum Gasteiger partial charge on any atom is -0.353 e. The first-order chi connectivity index (χ1) is 14.2. The van der Waals surface area contributed by atoms with Crippen molar-refractivity contribution in [1.82, 2.24) is 20.5 Å². The van der Waals surface area contributed by atoms with Crippen LogP contribution in [0.5, 0.6) is 0 Å². The molecular weight excluding hydrogens is 364 g/mol. The number of pyridine rings is 1. The van der Waals surface area contributed by atoms with E-state index in [1.165, 1.54) is 25.7 Å². The maximum absolute atomic E-state index is 13.3. The van der Waals surface area contributed by atoms with E-state index in [4.69, 9.17) is 0 Å². The summed E-state index contributed by atoms with van der Waals surface area (Å²) in [6.45, 7) is 2.37. The molecule has 1 saturated heterocycles. The van der Waals surface area contributed by atoms with Crippen LogP contribution < -0.4 is 10.6 Å². The summed E-state index contributed by atoms with van der Waals surface area (Å²) in [6, 6.07) is 4.30. The summed E-state index contributed by atoms with van der Waals surface area (Å²) in [7, 11) is 0. The number of hydrogen-bond acceptors (Lipinski definition) is 4. The molecule has 3 aliphatic rings. The fourth-order valence-corrected chi connectivity index (χ4v) is 5.32. The molecule has 0 spiro atoms. The SMILES string of the molecule is O=C(CC1CCCC1)NC1CCC(C(=O)N2CCNCC2c2cccnc2)CC1. The average Bonchev–Trinajstić information content (AvgIpc) is 3.27. The topological polar surface area (TPSA) is 74.3 Å². The average molecular weight is 399 g/mol. The van der Waals surface area contributed by atoms with Crippen LogP contribution in [-0.4, -0.2) is 47.4 Å². The molecule has 2 N–H and O–H groups in total. The Morgan fingerprint density at radius 2 is 1.93 bits per heavy atom. The molecule has 158 valence electrons. The summed E-state index contributed by atoms with van der Waals surface area (Å²) in [6.07, 6.45) is 12.9. The van der Waals surface area contributed by atoms with Gasteiger partial charge in [0.2, 0.25) is 11.8 Å². The van der Waals surface area contributed by atoms with E-state index in [0.717, 1.165) is 50.9 Å². The van der Waals surface area contributed by atoms with Gasteiger partial charge in [0.15, 0.2) is 0 Å². The van der Waals surface area contributed by atoms with Gasteiger partial charge in [0.1, 0.15) is 0 Å². The van der Waals surface area contributed by atoms with Crippen LogP contribution in [0.4, 0.5) is 0 Å². The summed E-state index contributed by atoms with van der Waals surface area (Å²) in [5, 5.41) is 6.65. The lowest BCUT2D eigenvalue weighted by atomic mass is 9.84. The zero-order valence-corrected chi connectivity index (χ0v) is 17.3. The van der Waals surface area contributed by atoms with Gasteiger partial charge in [-0.25, -0.2) is 0 Å². The zero-order chi connectivity index (χ0) is 20.1. The Hall–Kier alpha value is -1.95. The highest BCUT2D eigenvalue weighted by Gasteiger charge is 2.35. The number of hydrogen-bond donors (Lipinski definition) is 2. The van der Waals surface area contributed by atoms with Crippen LogP contribution in [0.25, 0.3) is 0 Å². The number of aromatic nitrogens is 1. The van der Waals surface area contributed by atoms with Gasteiger partial charge in [0.25, 0.3) is 0 Å². The Morgan fingerprint density at radius 1 is 1.14 bits per heavy atom. The third-order valence-electron chi connectivity index (χ3n) is 6.99. The molecule has 1 aromatic rings. The van der Waals surface area contributed by atoms with Crippen LogP contribution in [0.1, 0.15) is 69.4 Å². The van der Waals surface area contributed by atoms with Crippen molar-refractivity contribution in [3.8, 4) is 0 Å². The van der Waals surface area contributed by atoms with Crippen LogP contribution in [0.15, 0.2) is 24.5 Å². The van der Waals surface area contributed by atoms with Crippen molar-refractivity contribution in [2.24, 2.45) is 11.8 Å². The van der Waals surface area contributed by atoms with Gasteiger partial charge < -0.3 is 15.5 Å². The fourth-order valence-electron chi connectivity index (χ4n) is 5.32. The molecule has 4 rings (SSSR count). The van der Waals surface area contributed by atoms with Crippen molar-refractivity contribution >= 4 is 11.8 Å². The summed E-state index contributed by atoms with van der Waals surface area (Å²) in [4.78, 5) is 31.9. The molecule has 2 amide bonds. The van der Waals surface area contributed by atoms with Gasteiger partial charge in [-0.05, 0) is 56.1 Å². The number of carbonyl (C=O) groups excluding carboxylic acids is 2. The summed E-state index contributed by atoms with van der Waals surface area (Å²) in [5.41, 5.74) is 1.10. The third-order valence-corrected chi connectivity index (χ3v) is 6.99. The first kappa shape index (κ1) is 20.3. The number of amides is 2. The van der Waals surface area contributed by atoms with Gasteiger partial charge in [-0.3, -0.25) is 14.6 Å². The quantitative estimate of drug-likeness (QED) is 0.800. The van der Waals surface area contributed by atoms with E-state index >= 15 is 0 Å². The Bertz CT molecular complexity index is 681. The third kappa shape index (κ3) is 5.16. The Balaban J connectivity index is 1.28. The summed E-state index contributed by atoms with van der Waals surface area (Å²) < 4.78 is 0. The van der Waals surface area contributed by atoms with Gasteiger partial charge in [-0.1, -0.05) is 18.9 Å². The van der Waals surface area contributed by atoms with Crippen molar-refractivity contribution in [3.63, 3.8) is 0 Å². The fraction of sp³-hybridized carbons (Fsp3) is 0.696. The van der Waals surface area contributed by atoms with E-state index in [1.807, 2.05) is 12.3 Å². The first-order valence-corrected chi connectivity index (χ1v) is 11.4. The molecule has 1 atom stereocenters. The Morgan fingerprint density at radius 3 is 2.66 bits per heavy atom. The molecule has 1 unspecified atom stereocenters. The smallest absolute Gasteiger partial charge is 0.226 e. The van der Waals surface area contributed by atoms with Gasteiger partial charge in [0, 0.05) is 50.4 Å². The summed E-state index contributed by atoms with van der Waals surface area (Å²) >= 11 is 0. The maximum atomic E-state index is 13.3. The predicted molar refractivity (Wildman–Crippen MR) is 112 cm³/mol. The largest absolute Gasteiger partial charge is 0.353 e. The standard InChI is InChI=1S/C23H34N4O2/c28-22(14-17-4-1-2-5-17)26-20-9-7-18(8-10-20)23(29)27-13-12-25-16-21(27)19-6-3-11-24-15-19/h3,6,11,15,17-18,20-21,25H,1-2,4-5,7-10,12-14,16H2,(H,26,28). The second kappa shape index (κ2) is 9.70. The lowest BCUT2D eigenvalue weighted by Crippen LogP contribution is -2.51. The second-order valence-corrected chi connectivity index (χ2v) is 9.01. The number of nitrogens with zero attached hydrogens (tertiary/aromatic N) is 2. The highest BCUT2D eigenvalue weighted by atomic mass is 16.2. The zero-order valence-electron chi connectivity index (χ0n) is 17.3. The molecule has 2 aliphatic carbocycles. The number of nitrogens with one attached hydrogen (secondary N) is 2. The highest BCUT2D eigenvalue weighted by Crippen LogP contribution is 2.31. The minimum atomic E-state index is 0.0637. The monoisotopic (exact) mass is 398 g/mol. The predicted octanol–water partition coefficient (Wildman–Crippen LogP) is 2.81. The lowest BCUT2D eigenvalue weighted by Gasteiger charge is -2.40. The van der Waals surface area contributed by atoms with E-state index in [2.05, 4.69) is 26.6 Å². The molecule has 2 heterocycles. The molecule has 2 saturated carbocycles. The first-order valence-electron chi connectivity index (χ1n) is 11.4. The summed E-state index contributed by atoms with van der Waals surface area (Å²) in [5.74, 6) is 1.15. The molecule has 1 aromatic heterocycles. The molecule has 3 fully saturated rings. The van der Waals surface area contributed by atoms with Gasteiger partial charge in [0.05, 0.1) is 6.04 Å². The van der Waals surface area contributed by atoms with Crippen LogP contribution in [0.2, 0.25) is 0 Å². The van der Waals surface area contributed by atoms with E-state index < -0.39 is 0 Å². The number of rotatable bonds is 5. The number of carbonyl (C=O) groups is 2. The van der Waals surface area contributed by atoms with Gasteiger partial charge in [-0.2, -0.15) is 0 Å². The lowest BCUT2D eigenvalue weighted by molar-refractivity contribution is -0.140. The molecule has 1 aliphatic heterocycles. The molecule has 6 nitrogen and oxygen atoms in total. The van der Waals surface area contributed by atoms with Crippen LogP contribution in [-0.2, 0) is 9.59 Å². The Labute approximate surface area is 173 Å². The van der Waals surface area contributed by atoms with Crippen molar-refractivity contribution in [2.45, 2.75) is 69.9 Å². The minimum absolute atomic E-state index is 0.0637. The molecule has 0 aromatic carbocycles. The molecule has 29 heavy (non-hydrogen) atoms. The maximum Gasteiger partial charge on any atom is 0.226 e. The van der Waals surface area contributed by atoms with Crippen molar-refractivity contribution in [3.05, 3.63) is 30.1 Å². The van der Waals surface area contributed by atoms with Crippen molar-refractivity contribution in [1.29, 1.82) is 0 Å². The van der Waals surface area contributed by atoms with E-state index in [9.17, 15) is 9.59 Å².